The van der Waals surface area contributed by atoms with E-state index in [1.807, 2.05) is 0 Å². The summed E-state index contributed by atoms with van der Waals surface area (Å²) in [5, 5.41) is 17.8. The van der Waals surface area contributed by atoms with Gasteiger partial charge in [-0.2, -0.15) is 5.26 Å². The van der Waals surface area contributed by atoms with Crippen LogP contribution in [-0.4, -0.2) is 35.4 Å². The first-order valence-electron chi connectivity index (χ1n) is 5.81. The highest BCUT2D eigenvalue weighted by Crippen LogP contribution is 2.22. The lowest BCUT2D eigenvalue weighted by Gasteiger charge is -2.22. The SMILES string of the molecule is N#Cc1ccc(CN2C[C@@H](F)C[C@H]2CO)cc1F. The Kier molecular flexibility index (Phi) is 3.90. The number of halogens is 2. The van der Waals surface area contributed by atoms with Crippen LogP contribution in [0.25, 0.3) is 0 Å². The number of benzene rings is 1. The van der Waals surface area contributed by atoms with E-state index in [-0.39, 0.29) is 24.8 Å². The number of aliphatic hydroxyl groups is 1. The second-order valence-electron chi connectivity index (χ2n) is 4.52. The van der Waals surface area contributed by atoms with Gasteiger partial charge in [0.1, 0.15) is 18.1 Å². The van der Waals surface area contributed by atoms with E-state index in [0.29, 0.717) is 18.5 Å². The summed E-state index contributed by atoms with van der Waals surface area (Å²) in [4.78, 5) is 1.80. The van der Waals surface area contributed by atoms with Crippen molar-refractivity contribution in [2.75, 3.05) is 13.2 Å². The predicted octanol–water partition coefficient (Wildman–Crippen LogP) is 1.60. The highest BCUT2D eigenvalue weighted by atomic mass is 19.1. The fourth-order valence-corrected chi connectivity index (χ4v) is 2.29. The second kappa shape index (κ2) is 5.42. The Hall–Kier alpha value is -1.51. The second-order valence-corrected chi connectivity index (χ2v) is 4.52. The fraction of sp³-hybridized carbons (Fsp3) is 0.462. The molecule has 1 saturated heterocycles. The summed E-state index contributed by atoms with van der Waals surface area (Å²) in [6.45, 7) is 0.542. The maximum Gasteiger partial charge on any atom is 0.141 e. The van der Waals surface area contributed by atoms with E-state index in [2.05, 4.69) is 0 Å². The molecule has 1 aliphatic rings. The summed E-state index contributed by atoms with van der Waals surface area (Å²) in [6, 6.07) is 5.91. The lowest BCUT2D eigenvalue weighted by atomic mass is 10.1. The molecule has 1 aromatic carbocycles. The van der Waals surface area contributed by atoms with Gasteiger partial charge in [-0.25, -0.2) is 8.78 Å². The molecule has 2 atom stereocenters. The number of aliphatic hydroxyl groups excluding tert-OH is 1. The third-order valence-electron chi connectivity index (χ3n) is 3.23. The average molecular weight is 252 g/mol. The predicted molar refractivity (Wildman–Crippen MR) is 61.9 cm³/mol. The first-order chi connectivity index (χ1) is 8.63. The zero-order valence-electron chi connectivity index (χ0n) is 9.81. The summed E-state index contributed by atoms with van der Waals surface area (Å²) >= 11 is 0. The minimum atomic E-state index is -0.939. The number of alkyl halides is 1. The first-order valence-corrected chi connectivity index (χ1v) is 5.81. The molecule has 1 heterocycles. The Morgan fingerprint density at radius 2 is 2.28 bits per heavy atom. The minimum absolute atomic E-state index is 0.00208. The van der Waals surface area contributed by atoms with Crippen molar-refractivity contribution in [1.82, 2.24) is 4.90 Å². The van der Waals surface area contributed by atoms with Crippen LogP contribution >= 0.6 is 0 Å². The molecule has 96 valence electrons. The molecule has 5 heteroatoms. The number of hydrogen-bond acceptors (Lipinski definition) is 3. The number of hydrogen-bond donors (Lipinski definition) is 1. The highest BCUT2D eigenvalue weighted by Gasteiger charge is 2.31. The summed E-state index contributed by atoms with van der Waals surface area (Å²) in [5.41, 5.74) is 0.682. The molecule has 0 amide bonds. The smallest absolute Gasteiger partial charge is 0.141 e. The van der Waals surface area contributed by atoms with E-state index in [1.54, 1.807) is 17.0 Å². The average Bonchev–Trinajstić information content (AvgIpc) is 2.70. The summed E-state index contributed by atoms with van der Waals surface area (Å²) < 4.78 is 26.7. The third-order valence-corrected chi connectivity index (χ3v) is 3.23. The van der Waals surface area contributed by atoms with Crippen LogP contribution in [0.15, 0.2) is 18.2 Å². The van der Waals surface area contributed by atoms with Crippen molar-refractivity contribution in [2.45, 2.75) is 25.2 Å². The molecule has 3 nitrogen and oxygen atoms in total. The molecule has 1 N–H and O–H groups in total. The Morgan fingerprint density at radius 1 is 1.50 bits per heavy atom. The normalized spacial score (nSPS) is 24.1. The van der Waals surface area contributed by atoms with E-state index in [0.717, 1.165) is 0 Å². The molecule has 0 bridgehead atoms. The molecule has 0 saturated carbocycles. The molecular formula is C13H14F2N2O. The largest absolute Gasteiger partial charge is 0.395 e. The van der Waals surface area contributed by atoms with Crippen molar-refractivity contribution >= 4 is 0 Å². The standard InChI is InChI=1S/C13H14F2N2O/c14-11-4-12(8-18)17(7-11)6-9-1-2-10(5-16)13(15)3-9/h1-3,11-12,18H,4,6-8H2/t11-,12-/m0/s1. The van der Waals surface area contributed by atoms with Crippen molar-refractivity contribution < 1.29 is 13.9 Å². The van der Waals surface area contributed by atoms with Gasteiger partial charge in [0.05, 0.1) is 12.2 Å². The van der Waals surface area contributed by atoms with Gasteiger partial charge in [-0.15, -0.1) is 0 Å². The molecule has 0 aromatic heterocycles. The Labute approximate surface area is 104 Å². The van der Waals surface area contributed by atoms with E-state index >= 15 is 0 Å². The van der Waals surface area contributed by atoms with Crippen molar-refractivity contribution in [3.05, 3.63) is 35.1 Å². The van der Waals surface area contributed by atoms with Gasteiger partial charge in [0.25, 0.3) is 0 Å². The lowest BCUT2D eigenvalue weighted by Crippen LogP contribution is -2.31. The monoisotopic (exact) mass is 252 g/mol. The molecule has 0 spiro atoms. The van der Waals surface area contributed by atoms with Crippen LogP contribution in [0.3, 0.4) is 0 Å². The zero-order valence-corrected chi connectivity index (χ0v) is 9.81. The fourth-order valence-electron chi connectivity index (χ4n) is 2.29. The lowest BCUT2D eigenvalue weighted by molar-refractivity contribution is 0.153. The molecule has 1 aliphatic heterocycles. The molecule has 18 heavy (non-hydrogen) atoms. The first kappa shape index (κ1) is 12.9. The van der Waals surface area contributed by atoms with Crippen molar-refractivity contribution in [2.24, 2.45) is 0 Å². The Balaban J connectivity index is 2.10. The van der Waals surface area contributed by atoms with Gasteiger partial charge in [0.2, 0.25) is 0 Å². The van der Waals surface area contributed by atoms with Crippen LogP contribution in [0.1, 0.15) is 17.5 Å². The Morgan fingerprint density at radius 3 is 2.89 bits per heavy atom. The van der Waals surface area contributed by atoms with Crippen molar-refractivity contribution in [3.8, 4) is 6.07 Å². The van der Waals surface area contributed by atoms with Gasteiger partial charge in [0.15, 0.2) is 0 Å². The maximum absolute atomic E-state index is 13.4. The van der Waals surface area contributed by atoms with Crippen LogP contribution in [0.5, 0.6) is 0 Å². The number of nitrogens with zero attached hydrogens (tertiary/aromatic N) is 2. The topological polar surface area (TPSA) is 47.3 Å². The molecule has 1 fully saturated rings. The molecule has 2 rings (SSSR count). The minimum Gasteiger partial charge on any atom is -0.395 e. The van der Waals surface area contributed by atoms with E-state index in [9.17, 15) is 8.78 Å². The third kappa shape index (κ3) is 2.66. The quantitative estimate of drug-likeness (QED) is 0.889. The van der Waals surface area contributed by atoms with Gasteiger partial charge >= 0.3 is 0 Å². The summed E-state index contributed by atoms with van der Waals surface area (Å²) in [5.74, 6) is -0.563. The van der Waals surface area contributed by atoms with Crippen LogP contribution in [0, 0.1) is 17.1 Å². The van der Waals surface area contributed by atoms with Crippen molar-refractivity contribution in [3.63, 3.8) is 0 Å². The van der Waals surface area contributed by atoms with Crippen LogP contribution in [0.4, 0.5) is 8.78 Å². The van der Waals surface area contributed by atoms with Gasteiger partial charge in [-0.05, 0) is 24.1 Å². The van der Waals surface area contributed by atoms with E-state index in [1.165, 1.54) is 12.1 Å². The summed E-state index contributed by atoms with van der Waals surface area (Å²) in [7, 11) is 0. The van der Waals surface area contributed by atoms with Crippen LogP contribution in [0.2, 0.25) is 0 Å². The molecule has 0 radical (unpaired) electrons. The van der Waals surface area contributed by atoms with E-state index < -0.39 is 12.0 Å². The van der Waals surface area contributed by atoms with Crippen molar-refractivity contribution in [1.29, 1.82) is 5.26 Å². The zero-order chi connectivity index (χ0) is 13.1. The maximum atomic E-state index is 13.4. The van der Waals surface area contributed by atoms with Crippen LogP contribution < -0.4 is 0 Å². The number of likely N-dealkylation sites (tertiary alicyclic amines) is 1. The highest BCUT2D eigenvalue weighted by molar-refractivity contribution is 5.33. The molecule has 0 unspecified atom stereocenters. The number of rotatable bonds is 3. The molecular weight excluding hydrogens is 238 g/mol. The van der Waals surface area contributed by atoms with Gasteiger partial charge in [-0.1, -0.05) is 6.07 Å². The summed E-state index contributed by atoms with van der Waals surface area (Å²) in [6.07, 6.45) is -0.625. The van der Waals surface area contributed by atoms with Gasteiger partial charge < -0.3 is 5.11 Å². The number of nitriles is 1. The van der Waals surface area contributed by atoms with Gasteiger partial charge in [-0.3, -0.25) is 4.90 Å². The van der Waals surface area contributed by atoms with Gasteiger partial charge in [0, 0.05) is 19.1 Å². The molecule has 1 aromatic rings. The van der Waals surface area contributed by atoms with E-state index in [4.69, 9.17) is 10.4 Å². The van der Waals surface area contributed by atoms with Crippen LogP contribution in [-0.2, 0) is 6.54 Å². The molecule has 0 aliphatic carbocycles. The Bertz CT molecular complexity index is 473.